The Morgan fingerprint density at radius 3 is 1.80 bits per heavy atom. The smallest absolute Gasteiger partial charge is 0.306 e. The summed E-state index contributed by atoms with van der Waals surface area (Å²) in [5.41, 5.74) is 0. The molecule has 1 aliphatic carbocycles. The Labute approximate surface area is 127 Å². The summed E-state index contributed by atoms with van der Waals surface area (Å²) in [5, 5.41) is 12.2. The van der Waals surface area contributed by atoms with Gasteiger partial charge in [0.1, 0.15) is 0 Å². The highest BCUT2D eigenvalue weighted by atomic mass is 16.4. The second-order valence-electron chi connectivity index (χ2n) is 4.26. The summed E-state index contributed by atoms with van der Waals surface area (Å²) >= 11 is 0. The summed E-state index contributed by atoms with van der Waals surface area (Å²) in [5.74, 6) is 0.0274. The summed E-state index contributed by atoms with van der Waals surface area (Å²) in [6.45, 7) is 16.3. The van der Waals surface area contributed by atoms with E-state index in [2.05, 4.69) is 12.2 Å². The molecule has 20 heavy (non-hydrogen) atoms. The van der Waals surface area contributed by atoms with E-state index in [9.17, 15) is 4.79 Å². The van der Waals surface area contributed by atoms with Crippen LogP contribution in [0.2, 0.25) is 0 Å². The van der Waals surface area contributed by atoms with E-state index in [-0.39, 0.29) is 5.92 Å². The van der Waals surface area contributed by atoms with Crippen molar-refractivity contribution < 1.29 is 9.90 Å². The number of aliphatic carboxylic acids is 1. The van der Waals surface area contributed by atoms with Gasteiger partial charge in [-0.25, -0.2) is 0 Å². The molecule has 0 spiro atoms. The van der Waals surface area contributed by atoms with Crippen LogP contribution in [0.25, 0.3) is 0 Å². The molecular formula is C17H39NO2. The van der Waals surface area contributed by atoms with E-state index in [1.165, 1.54) is 6.42 Å². The molecule has 0 saturated heterocycles. The van der Waals surface area contributed by atoms with E-state index in [1.807, 2.05) is 41.5 Å². The molecule has 2 N–H and O–H groups in total. The first-order valence-electron chi connectivity index (χ1n) is 8.67. The van der Waals surface area contributed by atoms with Crippen LogP contribution >= 0.6 is 0 Å². The molecule has 0 atom stereocenters. The average Bonchev–Trinajstić information content (AvgIpc) is 2.54. The number of carboxylic acids is 1. The molecule has 0 aromatic heterocycles. The summed E-state index contributed by atoms with van der Waals surface area (Å²) in [6.07, 6.45) is 5.06. The van der Waals surface area contributed by atoms with Crippen molar-refractivity contribution in [3.8, 4) is 0 Å². The van der Waals surface area contributed by atoms with Gasteiger partial charge in [-0.2, -0.15) is 0 Å². The number of carbonyl (C=O) groups is 1. The van der Waals surface area contributed by atoms with Gasteiger partial charge in [0, 0.05) is 0 Å². The molecule has 0 amide bonds. The highest BCUT2D eigenvalue weighted by Crippen LogP contribution is 2.28. The highest BCUT2D eigenvalue weighted by molar-refractivity contribution is 5.69. The van der Waals surface area contributed by atoms with E-state index in [1.54, 1.807) is 0 Å². The van der Waals surface area contributed by atoms with Gasteiger partial charge in [-0.15, -0.1) is 0 Å². The molecule has 0 aliphatic heterocycles. The highest BCUT2D eigenvalue weighted by Gasteiger charge is 2.25. The van der Waals surface area contributed by atoms with Crippen molar-refractivity contribution in [1.82, 2.24) is 5.32 Å². The number of hydrogen-bond acceptors (Lipinski definition) is 2. The van der Waals surface area contributed by atoms with Crippen molar-refractivity contribution in [2.24, 2.45) is 11.8 Å². The van der Waals surface area contributed by atoms with E-state index >= 15 is 0 Å². The van der Waals surface area contributed by atoms with Crippen molar-refractivity contribution in [2.75, 3.05) is 13.1 Å². The first kappa shape index (κ1) is 24.4. The van der Waals surface area contributed by atoms with Gasteiger partial charge in [-0.1, -0.05) is 48.5 Å². The third kappa shape index (κ3) is 13.9. The molecule has 0 unspecified atom stereocenters. The first-order chi connectivity index (χ1) is 9.74. The fraction of sp³-hybridized carbons (Fsp3) is 0.941. The Morgan fingerprint density at radius 1 is 1.00 bits per heavy atom. The van der Waals surface area contributed by atoms with Crippen LogP contribution in [0.5, 0.6) is 0 Å². The normalized spacial score (nSPS) is 20.1. The monoisotopic (exact) mass is 289 g/mol. The summed E-state index contributed by atoms with van der Waals surface area (Å²) in [7, 11) is 0. The van der Waals surface area contributed by atoms with E-state index in [0.717, 1.165) is 38.8 Å². The fourth-order valence-electron chi connectivity index (χ4n) is 2.10. The van der Waals surface area contributed by atoms with Crippen molar-refractivity contribution in [2.45, 2.75) is 80.6 Å². The molecule has 1 aliphatic rings. The Kier molecular flexibility index (Phi) is 25.4. The molecule has 3 nitrogen and oxygen atoms in total. The fourth-order valence-corrected chi connectivity index (χ4v) is 2.10. The molecule has 1 saturated carbocycles. The molecule has 0 bridgehead atoms. The van der Waals surface area contributed by atoms with Crippen LogP contribution < -0.4 is 5.32 Å². The third-order valence-corrected chi connectivity index (χ3v) is 3.06. The Morgan fingerprint density at radius 2 is 1.45 bits per heavy atom. The molecule has 124 valence electrons. The predicted molar refractivity (Wildman–Crippen MR) is 90.3 cm³/mol. The van der Waals surface area contributed by atoms with Crippen LogP contribution in [0.3, 0.4) is 0 Å². The molecule has 1 rings (SSSR count). The summed E-state index contributed by atoms with van der Waals surface area (Å²) < 4.78 is 0. The van der Waals surface area contributed by atoms with Crippen LogP contribution in [0.4, 0.5) is 0 Å². The van der Waals surface area contributed by atoms with Crippen molar-refractivity contribution in [1.29, 1.82) is 0 Å². The minimum absolute atomic E-state index is 0.0718. The van der Waals surface area contributed by atoms with Gasteiger partial charge in [0.25, 0.3) is 0 Å². The SMILES string of the molecule is CC.CC.CC.CCCNCC1CCC(C(=O)O)CC1. The Balaban J connectivity index is -0.000000425. The molecular weight excluding hydrogens is 250 g/mol. The topological polar surface area (TPSA) is 49.3 Å². The number of carboxylic acid groups (broad SMARTS) is 1. The standard InChI is InChI=1S/C11H21NO2.3C2H6/c1-2-7-12-8-9-3-5-10(6-4-9)11(13)14;3*1-2/h9-10,12H,2-8H2,1H3,(H,13,14);3*1-2H3. The molecule has 0 heterocycles. The quantitative estimate of drug-likeness (QED) is 0.704. The molecule has 0 radical (unpaired) electrons. The van der Waals surface area contributed by atoms with Gasteiger partial charge in [0.15, 0.2) is 0 Å². The van der Waals surface area contributed by atoms with E-state index in [0.29, 0.717) is 5.92 Å². The maximum Gasteiger partial charge on any atom is 0.306 e. The van der Waals surface area contributed by atoms with E-state index in [4.69, 9.17) is 5.11 Å². The van der Waals surface area contributed by atoms with Crippen molar-refractivity contribution in [3.05, 3.63) is 0 Å². The molecule has 0 aromatic rings. The van der Waals surface area contributed by atoms with Crippen LogP contribution in [0.1, 0.15) is 80.6 Å². The van der Waals surface area contributed by atoms with Gasteiger partial charge in [0.05, 0.1) is 5.92 Å². The summed E-state index contributed by atoms with van der Waals surface area (Å²) in [4.78, 5) is 10.7. The third-order valence-electron chi connectivity index (χ3n) is 3.06. The van der Waals surface area contributed by atoms with Crippen LogP contribution in [0.15, 0.2) is 0 Å². The van der Waals surface area contributed by atoms with Gasteiger partial charge in [-0.3, -0.25) is 4.79 Å². The van der Waals surface area contributed by atoms with Crippen LogP contribution in [0, 0.1) is 11.8 Å². The lowest BCUT2D eigenvalue weighted by Crippen LogP contribution is -2.29. The molecule has 3 heteroatoms. The Bertz CT molecular complexity index is 176. The lowest BCUT2D eigenvalue weighted by atomic mass is 9.82. The zero-order valence-corrected chi connectivity index (χ0v) is 15.0. The number of nitrogens with one attached hydrogen (secondary N) is 1. The predicted octanol–water partition coefficient (Wildman–Crippen LogP) is 4.96. The number of hydrogen-bond donors (Lipinski definition) is 2. The Hall–Kier alpha value is -0.570. The van der Waals surface area contributed by atoms with Crippen molar-refractivity contribution in [3.63, 3.8) is 0 Å². The minimum atomic E-state index is -0.607. The van der Waals surface area contributed by atoms with E-state index < -0.39 is 5.97 Å². The average molecular weight is 290 g/mol. The van der Waals surface area contributed by atoms with Crippen LogP contribution in [-0.2, 0) is 4.79 Å². The largest absolute Gasteiger partial charge is 0.481 e. The maximum absolute atomic E-state index is 10.7. The zero-order chi connectivity index (χ0) is 16.4. The lowest BCUT2D eigenvalue weighted by Gasteiger charge is -2.26. The van der Waals surface area contributed by atoms with Crippen molar-refractivity contribution >= 4 is 5.97 Å². The van der Waals surface area contributed by atoms with Gasteiger partial charge >= 0.3 is 5.97 Å². The van der Waals surface area contributed by atoms with Gasteiger partial charge < -0.3 is 10.4 Å². The molecule has 0 aromatic carbocycles. The minimum Gasteiger partial charge on any atom is -0.481 e. The number of rotatable bonds is 5. The second kappa shape index (κ2) is 20.7. The van der Waals surface area contributed by atoms with Gasteiger partial charge in [0.2, 0.25) is 0 Å². The van der Waals surface area contributed by atoms with Gasteiger partial charge in [-0.05, 0) is 51.1 Å². The zero-order valence-electron chi connectivity index (χ0n) is 15.0. The maximum atomic E-state index is 10.7. The first-order valence-corrected chi connectivity index (χ1v) is 8.67. The summed E-state index contributed by atoms with van der Waals surface area (Å²) in [6, 6.07) is 0. The van der Waals surface area contributed by atoms with Crippen LogP contribution in [-0.4, -0.2) is 24.2 Å². The second-order valence-corrected chi connectivity index (χ2v) is 4.26. The molecule has 1 fully saturated rings. The lowest BCUT2D eigenvalue weighted by molar-refractivity contribution is -0.143.